The third-order valence-corrected chi connectivity index (χ3v) is 5.82. The summed E-state index contributed by atoms with van der Waals surface area (Å²) >= 11 is 0. The fourth-order valence-electron chi connectivity index (χ4n) is 2.33. The van der Waals surface area contributed by atoms with E-state index in [0.29, 0.717) is 38.7 Å². The quantitative estimate of drug-likeness (QED) is 0.753. The smallest absolute Gasteiger partial charge is 0.246 e. The Bertz CT molecular complexity index is 607. The number of aryl methyl sites for hydroxylation is 2. The molecule has 0 atom stereocenters. The zero-order valence-corrected chi connectivity index (χ0v) is 14.4. The van der Waals surface area contributed by atoms with E-state index < -0.39 is 10.0 Å². The first-order valence-corrected chi connectivity index (χ1v) is 9.22. The van der Waals surface area contributed by atoms with E-state index in [9.17, 15) is 8.42 Å². The average Bonchev–Trinajstić information content (AvgIpc) is 2.51. The highest BCUT2D eigenvalue weighted by Gasteiger charge is 2.29. The molecule has 0 saturated carbocycles. The standard InChI is InChI=1S/C16H25NO4S/c1-4-5-8-21-15-11-13(2)14(3)12-16(15)22(18,19)17-6-9-20-10-7-17/h11-12H,4-10H2,1-3H3. The van der Waals surface area contributed by atoms with Crippen molar-refractivity contribution in [3.63, 3.8) is 0 Å². The molecule has 0 N–H and O–H groups in total. The van der Waals surface area contributed by atoms with Gasteiger partial charge in [-0.2, -0.15) is 4.31 Å². The first kappa shape index (κ1) is 17.2. The molecule has 0 radical (unpaired) electrons. The normalized spacial score (nSPS) is 16.7. The Morgan fingerprint density at radius 2 is 1.82 bits per heavy atom. The number of benzene rings is 1. The van der Waals surface area contributed by atoms with E-state index in [4.69, 9.17) is 9.47 Å². The van der Waals surface area contributed by atoms with E-state index in [2.05, 4.69) is 6.92 Å². The van der Waals surface area contributed by atoms with Crippen molar-refractivity contribution in [2.24, 2.45) is 0 Å². The molecule has 22 heavy (non-hydrogen) atoms. The summed E-state index contributed by atoms with van der Waals surface area (Å²) in [5.74, 6) is 0.461. The second kappa shape index (κ2) is 7.44. The van der Waals surface area contributed by atoms with Crippen LogP contribution in [-0.4, -0.2) is 45.6 Å². The lowest BCUT2D eigenvalue weighted by molar-refractivity contribution is 0.0729. The molecule has 1 aromatic carbocycles. The van der Waals surface area contributed by atoms with Crippen molar-refractivity contribution in [2.45, 2.75) is 38.5 Å². The van der Waals surface area contributed by atoms with E-state index in [-0.39, 0.29) is 4.90 Å². The highest BCUT2D eigenvalue weighted by Crippen LogP contribution is 2.30. The molecule has 0 aromatic heterocycles. The lowest BCUT2D eigenvalue weighted by Crippen LogP contribution is -2.40. The topological polar surface area (TPSA) is 55.8 Å². The largest absolute Gasteiger partial charge is 0.492 e. The van der Waals surface area contributed by atoms with E-state index in [1.54, 1.807) is 6.07 Å². The fraction of sp³-hybridized carbons (Fsp3) is 0.625. The zero-order chi connectivity index (χ0) is 16.2. The van der Waals surface area contributed by atoms with Crippen molar-refractivity contribution in [2.75, 3.05) is 32.9 Å². The van der Waals surface area contributed by atoms with Gasteiger partial charge < -0.3 is 9.47 Å². The summed E-state index contributed by atoms with van der Waals surface area (Å²) in [6.07, 6.45) is 1.92. The fourth-order valence-corrected chi connectivity index (χ4v) is 3.94. The van der Waals surface area contributed by atoms with Crippen LogP contribution in [0.25, 0.3) is 0 Å². The molecule has 0 unspecified atom stereocenters. The number of nitrogens with zero attached hydrogens (tertiary/aromatic N) is 1. The number of unbranched alkanes of at least 4 members (excludes halogenated alkanes) is 1. The number of morpholine rings is 1. The van der Waals surface area contributed by atoms with E-state index in [1.165, 1.54) is 4.31 Å². The third kappa shape index (κ3) is 3.80. The second-order valence-electron chi connectivity index (χ2n) is 5.60. The molecule has 0 amide bonds. The molecule has 124 valence electrons. The van der Waals surface area contributed by atoms with Crippen LogP contribution in [0.3, 0.4) is 0 Å². The number of hydrogen-bond donors (Lipinski definition) is 0. The summed E-state index contributed by atoms with van der Waals surface area (Å²) < 4.78 is 38.3. The van der Waals surface area contributed by atoms with Gasteiger partial charge in [-0.1, -0.05) is 13.3 Å². The van der Waals surface area contributed by atoms with E-state index in [0.717, 1.165) is 24.0 Å². The summed E-state index contributed by atoms with van der Waals surface area (Å²) in [5.41, 5.74) is 1.99. The Kier molecular flexibility index (Phi) is 5.83. The van der Waals surface area contributed by atoms with Gasteiger partial charge in [0.2, 0.25) is 10.0 Å². The number of ether oxygens (including phenoxy) is 2. The van der Waals surface area contributed by atoms with Gasteiger partial charge in [0.1, 0.15) is 10.6 Å². The number of hydrogen-bond acceptors (Lipinski definition) is 4. The van der Waals surface area contributed by atoms with Gasteiger partial charge in [0.25, 0.3) is 0 Å². The van der Waals surface area contributed by atoms with Crippen molar-refractivity contribution < 1.29 is 17.9 Å². The van der Waals surface area contributed by atoms with Crippen molar-refractivity contribution in [1.82, 2.24) is 4.31 Å². The molecule has 1 saturated heterocycles. The Labute approximate surface area is 133 Å². The van der Waals surface area contributed by atoms with Gasteiger partial charge in [0, 0.05) is 13.1 Å². The van der Waals surface area contributed by atoms with Gasteiger partial charge in [-0.15, -0.1) is 0 Å². The van der Waals surface area contributed by atoms with Gasteiger partial charge in [-0.05, 0) is 43.5 Å². The molecule has 1 fully saturated rings. The maximum Gasteiger partial charge on any atom is 0.246 e. The van der Waals surface area contributed by atoms with Gasteiger partial charge >= 0.3 is 0 Å². The van der Waals surface area contributed by atoms with Crippen molar-refractivity contribution >= 4 is 10.0 Å². The van der Waals surface area contributed by atoms with Gasteiger partial charge in [-0.3, -0.25) is 0 Å². The van der Waals surface area contributed by atoms with Crippen LogP contribution < -0.4 is 4.74 Å². The van der Waals surface area contributed by atoms with Crippen molar-refractivity contribution in [3.05, 3.63) is 23.3 Å². The molecule has 0 bridgehead atoms. The molecule has 1 aliphatic rings. The SMILES string of the molecule is CCCCOc1cc(C)c(C)cc1S(=O)(=O)N1CCOCC1. The van der Waals surface area contributed by atoms with Crippen LogP contribution in [0.2, 0.25) is 0 Å². The summed E-state index contributed by atoms with van der Waals surface area (Å²) in [4.78, 5) is 0.272. The van der Waals surface area contributed by atoms with Crippen LogP contribution in [0.15, 0.2) is 17.0 Å². The first-order valence-electron chi connectivity index (χ1n) is 7.78. The van der Waals surface area contributed by atoms with Crippen LogP contribution in [0, 0.1) is 13.8 Å². The van der Waals surface area contributed by atoms with Crippen molar-refractivity contribution in [3.8, 4) is 5.75 Å². The van der Waals surface area contributed by atoms with E-state index >= 15 is 0 Å². The first-order chi connectivity index (χ1) is 10.5. The Hall–Kier alpha value is -1.11. The minimum Gasteiger partial charge on any atom is -0.492 e. The van der Waals surface area contributed by atoms with Gasteiger partial charge in [0.05, 0.1) is 19.8 Å². The van der Waals surface area contributed by atoms with Crippen LogP contribution in [0.1, 0.15) is 30.9 Å². The highest BCUT2D eigenvalue weighted by molar-refractivity contribution is 7.89. The molecule has 2 rings (SSSR count). The highest BCUT2D eigenvalue weighted by atomic mass is 32.2. The van der Waals surface area contributed by atoms with Gasteiger partial charge in [0.15, 0.2) is 0 Å². The van der Waals surface area contributed by atoms with Crippen LogP contribution >= 0.6 is 0 Å². The molecular formula is C16H25NO4S. The summed E-state index contributed by atoms with van der Waals surface area (Å²) in [7, 11) is -3.54. The predicted octanol–water partition coefficient (Wildman–Crippen LogP) is 2.50. The lowest BCUT2D eigenvalue weighted by Gasteiger charge is -2.27. The average molecular weight is 327 g/mol. The maximum atomic E-state index is 12.9. The molecule has 1 aliphatic heterocycles. The molecule has 0 aliphatic carbocycles. The minimum atomic E-state index is -3.54. The van der Waals surface area contributed by atoms with Crippen LogP contribution in [-0.2, 0) is 14.8 Å². The summed E-state index contributed by atoms with van der Waals surface area (Å²) in [5, 5.41) is 0. The molecular weight excluding hydrogens is 302 g/mol. The molecule has 5 nitrogen and oxygen atoms in total. The molecule has 6 heteroatoms. The molecule has 1 heterocycles. The Balaban J connectivity index is 2.36. The number of sulfonamides is 1. The summed E-state index contributed by atoms with van der Waals surface area (Å²) in [6, 6.07) is 3.56. The van der Waals surface area contributed by atoms with Crippen molar-refractivity contribution in [1.29, 1.82) is 0 Å². The van der Waals surface area contributed by atoms with E-state index in [1.807, 2.05) is 19.9 Å². The van der Waals surface area contributed by atoms with Crippen LogP contribution in [0.4, 0.5) is 0 Å². The zero-order valence-electron chi connectivity index (χ0n) is 13.6. The van der Waals surface area contributed by atoms with Gasteiger partial charge in [-0.25, -0.2) is 8.42 Å². The lowest BCUT2D eigenvalue weighted by atomic mass is 10.1. The molecule has 1 aromatic rings. The third-order valence-electron chi connectivity index (χ3n) is 3.90. The Morgan fingerprint density at radius 1 is 1.18 bits per heavy atom. The maximum absolute atomic E-state index is 12.9. The minimum absolute atomic E-state index is 0.272. The predicted molar refractivity (Wildman–Crippen MR) is 85.9 cm³/mol. The Morgan fingerprint density at radius 3 is 2.45 bits per heavy atom. The second-order valence-corrected chi connectivity index (χ2v) is 7.51. The monoisotopic (exact) mass is 327 g/mol. The number of rotatable bonds is 6. The van der Waals surface area contributed by atoms with Crippen LogP contribution in [0.5, 0.6) is 5.75 Å². The summed E-state index contributed by atoms with van der Waals surface area (Å²) in [6.45, 7) is 8.16. The molecule has 0 spiro atoms.